The van der Waals surface area contributed by atoms with Crippen LogP contribution in [0.3, 0.4) is 0 Å². The maximum atomic E-state index is 13.6. The second-order valence-electron chi connectivity index (χ2n) is 9.92. The van der Waals surface area contributed by atoms with E-state index in [-0.39, 0.29) is 23.2 Å². The minimum atomic E-state index is -0.370. The average molecular weight is 534 g/mol. The van der Waals surface area contributed by atoms with E-state index in [1.165, 1.54) is 12.1 Å². The van der Waals surface area contributed by atoms with Crippen LogP contribution in [0, 0.1) is 5.82 Å². The van der Waals surface area contributed by atoms with E-state index >= 15 is 0 Å². The quantitative estimate of drug-likeness (QED) is 0.253. The second kappa shape index (κ2) is 10.9. The third-order valence-corrected chi connectivity index (χ3v) is 6.96. The molecule has 0 spiro atoms. The molecule has 0 aliphatic carbocycles. The first-order valence-electron chi connectivity index (χ1n) is 12.4. The van der Waals surface area contributed by atoms with Crippen LogP contribution in [-0.2, 0) is 0 Å². The van der Waals surface area contributed by atoms with Gasteiger partial charge in [-0.1, -0.05) is 24.1 Å². The van der Waals surface area contributed by atoms with Gasteiger partial charge in [-0.2, -0.15) is 0 Å². The van der Waals surface area contributed by atoms with Crippen LogP contribution in [0.5, 0.6) is 0 Å². The molecule has 3 aromatic carbocycles. The summed E-state index contributed by atoms with van der Waals surface area (Å²) in [6.07, 6.45) is 1.99. The number of carbonyl (C=O) groups is 2. The Kier molecular flexibility index (Phi) is 7.83. The van der Waals surface area contributed by atoms with Gasteiger partial charge in [-0.3, -0.25) is 9.59 Å². The Hall–Kier alpha value is -3.78. The van der Waals surface area contributed by atoms with Crippen LogP contribution in [-0.4, -0.2) is 37.2 Å². The normalized spacial score (nSPS) is 11.4. The van der Waals surface area contributed by atoms with Crippen LogP contribution in [0.25, 0.3) is 33.4 Å². The van der Waals surface area contributed by atoms with Crippen molar-refractivity contribution in [1.82, 2.24) is 10.6 Å². The zero-order chi connectivity index (χ0) is 27.6. The molecular weight excluding hydrogens is 501 g/mol. The van der Waals surface area contributed by atoms with E-state index in [0.717, 1.165) is 23.4 Å². The minimum Gasteiger partial charge on any atom is -0.455 e. The number of nitrogens with one attached hydrogen (secondary N) is 2. The molecule has 38 heavy (non-hydrogen) atoms. The Bertz CT molecular complexity index is 1490. The monoisotopic (exact) mass is 533 g/mol. The fourth-order valence-corrected chi connectivity index (χ4v) is 4.97. The molecule has 0 fully saturated rings. The summed E-state index contributed by atoms with van der Waals surface area (Å²) in [7, 11) is 1.56. The smallest absolute Gasteiger partial charge is 0.255 e. The van der Waals surface area contributed by atoms with Crippen molar-refractivity contribution in [1.29, 1.82) is 0 Å². The van der Waals surface area contributed by atoms with Crippen LogP contribution in [0.4, 0.5) is 10.1 Å². The van der Waals surface area contributed by atoms with Crippen LogP contribution in [0.1, 0.15) is 48.4 Å². The standard InChI is InChI=1S/C30H32FN3O3S/c1-7-34(38-6)24-17-25-23(26(29(36)32-5)27(37-25)18-11-13-21(31)14-12-18)16-22(24)19-9-8-10-20(15-19)28(35)33-30(2,3)4/h8-17H,7H2,1-6H3,(H,32,36)(H,33,35). The number of nitrogens with zero attached hydrogens (tertiary/aromatic N) is 1. The van der Waals surface area contributed by atoms with Crippen molar-refractivity contribution in [3.05, 3.63) is 77.6 Å². The lowest BCUT2D eigenvalue weighted by molar-refractivity contribution is 0.0918. The molecule has 0 aliphatic rings. The third-order valence-electron chi connectivity index (χ3n) is 6.07. The van der Waals surface area contributed by atoms with Crippen LogP contribution in [0.15, 0.2) is 65.1 Å². The summed E-state index contributed by atoms with van der Waals surface area (Å²) in [5.74, 6) is -0.470. The number of hydrogen-bond donors (Lipinski definition) is 2. The van der Waals surface area contributed by atoms with Gasteiger partial charge in [0.25, 0.3) is 11.8 Å². The van der Waals surface area contributed by atoms with Crippen molar-refractivity contribution in [3.8, 4) is 22.5 Å². The number of anilines is 1. The third kappa shape index (κ3) is 5.55. The van der Waals surface area contributed by atoms with E-state index in [1.54, 1.807) is 37.2 Å². The second-order valence-corrected chi connectivity index (χ2v) is 10.7. The van der Waals surface area contributed by atoms with Gasteiger partial charge in [-0.25, -0.2) is 4.39 Å². The van der Waals surface area contributed by atoms with E-state index in [9.17, 15) is 14.0 Å². The predicted octanol–water partition coefficient (Wildman–Crippen LogP) is 6.90. The van der Waals surface area contributed by atoms with Gasteiger partial charge in [-0.15, -0.1) is 0 Å². The first kappa shape index (κ1) is 27.3. The van der Waals surface area contributed by atoms with Gasteiger partial charge in [-0.05, 0) is 75.7 Å². The van der Waals surface area contributed by atoms with Crippen molar-refractivity contribution < 1.29 is 18.4 Å². The summed E-state index contributed by atoms with van der Waals surface area (Å²) < 4.78 is 22.0. The lowest BCUT2D eigenvalue weighted by Crippen LogP contribution is -2.40. The predicted molar refractivity (Wildman–Crippen MR) is 154 cm³/mol. The average Bonchev–Trinajstić information content (AvgIpc) is 3.26. The van der Waals surface area contributed by atoms with Crippen molar-refractivity contribution in [2.24, 2.45) is 0 Å². The summed E-state index contributed by atoms with van der Waals surface area (Å²) in [6, 6.07) is 17.2. The molecule has 1 aromatic heterocycles. The Morgan fingerprint density at radius 2 is 1.71 bits per heavy atom. The van der Waals surface area contributed by atoms with Crippen molar-refractivity contribution in [3.63, 3.8) is 0 Å². The number of fused-ring (bicyclic) bond motifs is 1. The summed E-state index contributed by atoms with van der Waals surface area (Å²) in [5, 5.41) is 6.35. The highest BCUT2D eigenvalue weighted by molar-refractivity contribution is 8.00. The molecule has 0 aliphatic heterocycles. The highest BCUT2D eigenvalue weighted by Crippen LogP contribution is 2.42. The number of carbonyl (C=O) groups excluding carboxylic acids is 2. The molecule has 198 valence electrons. The van der Waals surface area contributed by atoms with E-state index in [1.807, 2.05) is 57.4 Å². The van der Waals surface area contributed by atoms with Gasteiger partial charge >= 0.3 is 0 Å². The first-order valence-corrected chi connectivity index (χ1v) is 13.6. The zero-order valence-corrected chi connectivity index (χ0v) is 23.3. The summed E-state index contributed by atoms with van der Waals surface area (Å²) >= 11 is 1.57. The van der Waals surface area contributed by atoms with Crippen LogP contribution >= 0.6 is 11.9 Å². The van der Waals surface area contributed by atoms with Gasteiger partial charge in [0.05, 0.1) is 11.3 Å². The number of hydrogen-bond acceptors (Lipinski definition) is 5. The van der Waals surface area contributed by atoms with Crippen molar-refractivity contribution in [2.45, 2.75) is 33.2 Å². The Balaban J connectivity index is 1.97. The highest BCUT2D eigenvalue weighted by Gasteiger charge is 2.25. The van der Waals surface area contributed by atoms with Gasteiger partial charge in [0, 0.05) is 53.5 Å². The molecule has 1 heterocycles. The molecular formula is C30H32FN3O3S. The van der Waals surface area contributed by atoms with Crippen molar-refractivity contribution in [2.75, 3.05) is 24.2 Å². The van der Waals surface area contributed by atoms with Crippen LogP contribution < -0.4 is 14.9 Å². The molecule has 4 rings (SSSR count). The molecule has 8 heteroatoms. The lowest BCUT2D eigenvalue weighted by atomic mass is 9.97. The zero-order valence-electron chi connectivity index (χ0n) is 22.4. The Labute approximate surface area is 226 Å². The molecule has 2 amide bonds. The fourth-order valence-electron chi connectivity index (χ4n) is 4.36. The molecule has 2 N–H and O–H groups in total. The maximum absolute atomic E-state index is 13.6. The number of benzene rings is 3. The topological polar surface area (TPSA) is 74.6 Å². The minimum absolute atomic E-state index is 0.160. The number of furan rings is 1. The first-order chi connectivity index (χ1) is 18.1. The summed E-state index contributed by atoms with van der Waals surface area (Å²) in [4.78, 5) is 26.0. The van der Waals surface area contributed by atoms with Gasteiger partial charge < -0.3 is 19.4 Å². The molecule has 0 radical (unpaired) electrons. The fraction of sp³-hybridized carbons (Fsp3) is 0.267. The summed E-state index contributed by atoms with van der Waals surface area (Å²) in [5.41, 5.74) is 4.27. The van der Waals surface area contributed by atoms with E-state index < -0.39 is 0 Å². The largest absolute Gasteiger partial charge is 0.455 e. The maximum Gasteiger partial charge on any atom is 0.255 e. The van der Waals surface area contributed by atoms with Gasteiger partial charge in [0.2, 0.25) is 0 Å². The van der Waals surface area contributed by atoms with Gasteiger partial charge in [0.1, 0.15) is 17.2 Å². The number of rotatable bonds is 7. The molecule has 0 saturated carbocycles. The molecule has 0 unspecified atom stereocenters. The Morgan fingerprint density at radius 1 is 1.00 bits per heavy atom. The van der Waals surface area contributed by atoms with Gasteiger partial charge in [0.15, 0.2) is 0 Å². The SMILES string of the molecule is CCN(SC)c1cc2oc(-c3ccc(F)cc3)c(C(=O)NC)c2cc1-c1cccc(C(=O)NC(C)(C)C)c1. The molecule has 0 bridgehead atoms. The Morgan fingerprint density at radius 3 is 2.32 bits per heavy atom. The molecule has 4 aromatic rings. The lowest BCUT2D eigenvalue weighted by Gasteiger charge is -2.23. The van der Waals surface area contributed by atoms with Crippen molar-refractivity contribution >= 4 is 40.4 Å². The van der Waals surface area contributed by atoms with E-state index in [4.69, 9.17) is 4.42 Å². The number of halogens is 1. The molecule has 0 saturated heterocycles. The van der Waals surface area contributed by atoms with Crippen LogP contribution in [0.2, 0.25) is 0 Å². The van der Waals surface area contributed by atoms with E-state index in [0.29, 0.717) is 33.4 Å². The number of amides is 2. The highest BCUT2D eigenvalue weighted by atomic mass is 32.2. The van der Waals surface area contributed by atoms with E-state index in [2.05, 4.69) is 21.9 Å². The molecule has 0 atom stereocenters. The summed E-state index contributed by atoms with van der Waals surface area (Å²) in [6.45, 7) is 8.60. The molecule has 6 nitrogen and oxygen atoms in total.